The number of furan rings is 1. The summed E-state index contributed by atoms with van der Waals surface area (Å²) >= 11 is 0. The standard InChI is InChI=1S/C19H20N2O3S/c1-13-2-7-16(24-13)12-20-25(22,23)17-8-5-15(6-9-17)19-11-10-18(21-19)14-3-4-14/h2,5-11,14,20-21H,3-4,12H2,1H3. The van der Waals surface area contributed by atoms with Crippen LogP contribution in [0.5, 0.6) is 0 Å². The van der Waals surface area contributed by atoms with Crippen molar-refractivity contribution in [3.8, 4) is 11.3 Å². The fourth-order valence-electron chi connectivity index (χ4n) is 2.86. The molecule has 6 heteroatoms. The van der Waals surface area contributed by atoms with E-state index in [4.69, 9.17) is 4.42 Å². The molecule has 1 aliphatic rings. The van der Waals surface area contributed by atoms with Crippen molar-refractivity contribution in [2.45, 2.75) is 37.1 Å². The summed E-state index contributed by atoms with van der Waals surface area (Å²) in [7, 11) is -3.57. The normalized spacial score (nSPS) is 14.8. The molecule has 0 unspecified atom stereocenters. The van der Waals surface area contributed by atoms with E-state index in [1.165, 1.54) is 18.5 Å². The number of nitrogens with one attached hydrogen (secondary N) is 2. The van der Waals surface area contributed by atoms with Crippen molar-refractivity contribution in [1.29, 1.82) is 0 Å². The van der Waals surface area contributed by atoms with Crippen LogP contribution in [0, 0.1) is 6.92 Å². The van der Waals surface area contributed by atoms with Crippen molar-refractivity contribution < 1.29 is 12.8 Å². The molecule has 0 spiro atoms. The van der Waals surface area contributed by atoms with Gasteiger partial charge in [-0.2, -0.15) is 0 Å². The van der Waals surface area contributed by atoms with Gasteiger partial charge in [-0.1, -0.05) is 12.1 Å². The maximum Gasteiger partial charge on any atom is 0.240 e. The summed E-state index contributed by atoms with van der Waals surface area (Å²) in [4.78, 5) is 3.67. The second kappa shape index (κ2) is 6.20. The van der Waals surface area contributed by atoms with Crippen molar-refractivity contribution in [3.05, 3.63) is 65.7 Å². The van der Waals surface area contributed by atoms with E-state index in [1.54, 1.807) is 18.2 Å². The molecule has 4 rings (SSSR count). The van der Waals surface area contributed by atoms with Gasteiger partial charge in [0.1, 0.15) is 11.5 Å². The van der Waals surface area contributed by atoms with E-state index in [1.807, 2.05) is 25.1 Å². The van der Waals surface area contributed by atoms with Gasteiger partial charge in [0.2, 0.25) is 10.0 Å². The maximum absolute atomic E-state index is 12.4. The van der Waals surface area contributed by atoms with E-state index in [-0.39, 0.29) is 11.4 Å². The fraction of sp³-hybridized carbons (Fsp3) is 0.263. The predicted octanol–water partition coefficient (Wildman–Crippen LogP) is 3.94. The Morgan fingerprint density at radius 2 is 1.84 bits per heavy atom. The summed E-state index contributed by atoms with van der Waals surface area (Å²) in [6.07, 6.45) is 2.50. The van der Waals surface area contributed by atoms with Crippen molar-refractivity contribution in [2.75, 3.05) is 0 Å². The Balaban J connectivity index is 1.48. The highest BCUT2D eigenvalue weighted by atomic mass is 32.2. The predicted molar refractivity (Wildman–Crippen MR) is 95.7 cm³/mol. The van der Waals surface area contributed by atoms with E-state index in [9.17, 15) is 8.42 Å². The Morgan fingerprint density at radius 1 is 1.08 bits per heavy atom. The van der Waals surface area contributed by atoms with Crippen LogP contribution >= 0.6 is 0 Å². The van der Waals surface area contributed by atoms with Crippen LogP contribution in [0.25, 0.3) is 11.3 Å². The van der Waals surface area contributed by atoms with Gasteiger partial charge in [0.15, 0.2) is 0 Å². The summed E-state index contributed by atoms with van der Waals surface area (Å²) in [6.45, 7) is 1.96. The Labute approximate surface area is 147 Å². The second-order valence-electron chi connectivity index (χ2n) is 6.46. The van der Waals surface area contributed by atoms with Gasteiger partial charge in [-0.15, -0.1) is 0 Å². The zero-order valence-electron chi connectivity index (χ0n) is 14.0. The number of H-pyrrole nitrogens is 1. The molecule has 0 atom stereocenters. The number of aromatic amines is 1. The average Bonchev–Trinajstić information content (AvgIpc) is 3.18. The molecule has 1 aromatic carbocycles. The summed E-state index contributed by atoms with van der Waals surface area (Å²) in [5.74, 6) is 2.02. The molecule has 2 heterocycles. The lowest BCUT2D eigenvalue weighted by Crippen LogP contribution is -2.22. The summed E-state index contributed by atoms with van der Waals surface area (Å²) < 4.78 is 32.8. The molecule has 3 aromatic rings. The first-order valence-corrected chi connectivity index (χ1v) is 9.84. The van der Waals surface area contributed by atoms with Gasteiger partial charge in [0.25, 0.3) is 0 Å². The minimum Gasteiger partial charge on any atom is -0.465 e. The maximum atomic E-state index is 12.4. The third-order valence-corrected chi connectivity index (χ3v) is 5.85. The molecular formula is C19H20N2O3S. The molecular weight excluding hydrogens is 336 g/mol. The molecule has 0 radical (unpaired) electrons. The second-order valence-corrected chi connectivity index (χ2v) is 8.23. The van der Waals surface area contributed by atoms with Crippen LogP contribution in [0.1, 0.15) is 36.0 Å². The van der Waals surface area contributed by atoms with Crippen LogP contribution < -0.4 is 4.72 Å². The number of aryl methyl sites for hydroxylation is 1. The first-order chi connectivity index (χ1) is 12.0. The lowest BCUT2D eigenvalue weighted by molar-refractivity contribution is 0.475. The van der Waals surface area contributed by atoms with Gasteiger partial charge >= 0.3 is 0 Å². The zero-order chi connectivity index (χ0) is 17.4. The van der Waals surface area contributed by atoms with Gasteiger partial charge in [-0.05, 0) is 67.6 Å². The molecule has 1 saturated carbocycles. The number of hydrogen-bond donors (Lipinski definition) is 2. The van der Waals surface area contributed by atoms with Crippen LogP contribution in [0.2, 0.25) is 0 Å². The van der Waals surface area contributed by atoms with Crippen molar-refractivity contribution in [1.82, 2.24) is 9.71 Å². The van der Waals surface area contributed by atoms with Crippen LogP contribution in [-0.4, -0.2) is 13.4 Å². The number of hydrogen-bond acceptors (Lipinski definition) is 3. The largest absolute Gasteiger partial charge is 0.465 e. The quantitative estimate of drug-likeness (QED) is 0.702. The van der Waals surface area contributed by atoms with E-state index in [2.05, 4.69) is 21.8 Å². The van der Waals surface area contributed by atoms with Gasteiger partial charge < -0.3 is 9.40 Å². The third kappa shape index (κ3) is 3.55. The van der Waals surface area contributed by atoms with E-state index < -0.39 is 10.0 Å². The van der Waals surface area contributed by atoms with Gasteiger partial charge in [-0.3, -0.25) is 0 Å². The average molecular weight is 356 g/mol. The van der Waals surface area contributed by atoms with Crippen LogP contribution in [0.15, 0.2) is 57.8 Å². The summed E-state index contributed by atoms with van der Waals surface area (Å²) in [5.41, 5.74) is 3.26. The van der Waals surface area contributed by atoms with Crippen molar-refractivity contribution in [2.24, 2.45) is 0 Å². The molecule has 2 N–H and O–H groups in total. The molecule has 0 saturated heterocycles. The van der Waals surface area contributed by atoms with E-state index in [0.29, 0.717) is 11.7 Å². The van der Waals surface area contributed by atoms with E-state index >= 15 is 0 Å². The SMILES string of the molecule is Cc1ccc(CNS(=O)(=O)c2ccc(-c3ccc(C4CC4)[nH]3)cc2)o1. The van der Waals surface area contributed by atoms with Gasteiger partial charge in [0.05, 0.1) is 11.4 Å². The topological polar surface area (TPSA) is 75.1 Å². The Morgan fingerprint density at radius 3 is 2.48 bits per heavy atom. The number of aromatic nitrogens is 1. The molecule has 5 nitrogen and oxygen atoms in total. The lowest BCUT2D eigenvalue weighted by Gasteiger charge is -2.06. The molecule has 0 aliphatic heterocycles. The minimum atomic E-state index is -3.57. The lowest BCUT2D eigenvalue weighted by atomic mass is 10.2. The molecule has 1 aliphatic carbocycles. The summed E-state index contributed by atoms with van der Waals surface area (Å²) in [5, 5.41) is 0. The van der Waals surface area contributed by atoms with Crippen molar-refractivity contribution >= 4 is 10.0 Å². The van der Waals surface area contributed by atoms with Crippen LogP contribution in [0.3, 0.4) is 0 Å². The molecule has 0 bridgehead atoms. The highest BCUT2D eigenvalue weighted by molar-refractivity contribution is 7.89. The molecule has 130 valence electrons. The van der Waals surface area contributed by atoms with Crippen LogP contribution in [-0.2, 0) is 16.6 Å². The smallest absolute Gasteiger partial charge is 0.240 e. The highest BCUT2D eigenvalue weighted by Crippen LogP contribution is 2.40. The Bertz CT molecular complexity index is 980. The Kier molecular flexibility index (Phi) is 4.01. The number of sulfonamides is 1. The highest BCUT2D eigenvalue weighted by Gasteiger charge is 2.24. The van der Waals surface area contributed by atoms with Crippen LogP contribution in [0.4, 0.5) is 0 Å². The number of benzene rings is 1. The third-order valence-electron chi connectivity index (χ3n) is 4.43. The molecule has 1 fully saturated rings. The first-order valence-electron chi connectivity index (χ1n) is 8.35. The molecule has 2 aromatic heterocycles. The Hall–Kier alpha value is -2.31. The number of rotatable bonds is 6. The zero-order valence-corrected chi connectivity index (χ0v) is 14.8. The van der Waals surface area contributed by atoms with Crippen molar-refractivity contribution in [3.63, 3.8) is 0 Å². The first kappa shape index (κ1) is 16.2. The monoisotopic (exact) mass is 356 g/mol. The molecule has 25 heavy (non-hydrogen) atoms. The summed E-state index contributed by atoms with van der Waals surface area (Å²) in [6, 6.07) is 14.7. The van der Waals surface area contributed by atoms with Gasteiger partial charge in [0, 0.05) is 11.4 Å². The van der Waals surface area contributed by atoms with Gasteiger partial charge in [-0.25, -0.2) is 13.1 Å². The molecule has 0 amide bonds. The van der Waals surface area contributed by atoms with E-state index in [0.717, 1.165) is 17.0 Å². The minimum absolute atomic E-state index is 0.138. The fourth-order valence-corrected chi connectivity index (χ4v) is 3.85.